The molecule has 1 aromatic carbocycles. The van der Waals surface area contributed by atoms with Gasteiger partial charge in [0, 0.05) is 24.7 Å². The van der Waals surface area contributed by atoms with Crippen LogP contribution in [0.2, 0.25) is 0 Å². The highest BCUT2D eigenvalue weighted by Gasteiger charge is 2.10. The first-order valence-electron chi connectivity index (χ1n) is 5.03. The highest BCUT2D eigenvalue weighted by atomic mass is 19.1. The van der Waals surface area contributed by atoms with E-state index < -0.39 is 6.67 Å². The summed E-state index contributed by atoms with van der Waals surface area (Å²) in [6.45, 7) is 1.35. The second-order valence-corrected chi connectivity index (χ2v) is 3.37. The van der Waals surface area contributed by atoms with Gasteiger partial charge in [0.25, 0.3) is 5.91 Å². The van der Waals surface area contributed by atoms with E-state index in [1.807, 2.05) is 0 Å². The molecule has 0 unspecified atom stereocenters. The maximum Gasteiger partial charge on any atom is 0.253 e. The van der Waals surface area contributed by atoms with Crippen LogP contribution >= 0.6 is 0 Å². The highest BCUT2D eigenvalue weighted by molar-refractivity contribution is 5.94. The summed E-state index contributed by atoms with van der Waals surface area (Å²) in [4.78, 5) is 13.1. The van der Waals surface area contributed by atoms with Gasteiger partial charge in [0.2, 0.25) is 0 Å². The number of carbonyl (C=O) groups is 1. The van der Waals surface area contributed by atoms with E-state index in [4.69, 9.17) is 0 Å². The molecule has 3 heteroatoms. The van der Waals surface area contributed by atoms with E-state index in [-0.39, 0.29) is 12.5 Å². The largest absolute Gasteiger partial charge is 0.339 e. The quantitative estimate of drug-likeness (QED) is 0.713. The van der Waals surface area contributed by atoms with Crippen LogP contribution in [0.1, 0.15) is 22.8 Å². The molecule has 0 aliphatic rings. The number of hydrogen-bond acceptors (Lipinski definition) is 1. The van der Waals surface area contributed by atoms with Crippen LogP contribution in [0.4, 0.5) is 4.39 Å². The number of alkyl halides is 1. The number of amides is 1. The summed E-state index contributed by atoms with van der Waals surface area (Å²) in [5.74, 6) is 5.50. The summed E-state index contributed by atoms with van der Waals surface area (Å²) < 4.78 is 12.1. The molecule has 84 valence electrons. The van der Waals surface area contributed by atoms with E-state index >= 15 is 0 Å². The Hall–Kier alpha value is -1.82. The third-order valence-electron chi connectivity index (χ3n) is 2.17. The lowest BCUT2D eigenvalue weighted by Gasteiger charge is -2.14. The predicted molar refractivity (Wildman–Crippen MR) is 61.9 cm³/mol. The number of halogens is 1. The van der Waals surface area contributed by atoms with Crippen LogP contribution in [0.15, 0.2) is 24.3 Å². The van der Waals surface area contributed by atoms with Gasteiger partial charge >= 0.3 is 0 Å². The molecule has 0 spiro atoms. The van der Waals surface area contributed by atoms with Gasteiger partial charge in [0.05, 0.1) is 0 Å². The summed E-state index contributed by atoms with van der Waals surface area (Å²) in [6.07, 6.45) is 0. The van der Waals surface area contributed by atoms with Crippen molar-refractivity contribution in [3.63, 3.8) is 0 Å². The fourth-order valence-corrected chi connectivity index (χ4v) is 1.29. The summed E-state index contributed by atoms with van der Waals surface area (Å²) in [7, 11) is 1.58. The Morgan fingerprint density at radius 1 is 1.38 bits per heavy atom. The summed E-state index contributed by atoms with van der Waals surface area (Å²) in [5.41, 5.74) is 1.42. The van der Waals surface area contributed by atoms with Crippen LogP contribution < -0.4 is 0 Å². The van der Waals surface area contributed by atoms with Gasteiger partial charge in [-0.05, 0) is 31.2 Å². The van der Waals surface area contributed by atoms with Crippen molar-refractivity contribution in [1.82, 2.24) is 4.90 Å². The summed E-state index contributed by atoms with van der Waals surface area (Å²) in [6, 6.07) is 6.98. The van der Waals surface area contributed by atoms with Gasteiger partial charge in [0.1, 0.15) is 6.67 Å². The second-order valence-electron chi connectivity index (χ2n) is 3.37. The Morgan fingerprint density at radius 2 is 2.00 bits per heavy atom. The minimum Gasteiger partial charge on any atom is -0.339 e. The number of nitrogens with zero attached hydrogens (tertiary/aromatic N) is 1. The third kappa shape index (κ3) is 3.09. The van der Waals surface area contributed by atoms with Gasteiger partial charge in [-0.25, -0.2) is 4.39 Å². The number of hydrogen-bond donors (Lipinski definition) is 0. The normalized spacial score (nSPS) is 9.19. The monoisotopic (exact) mass is 219 g/mol. The van der Waals surface area contributed by atoms with Gasteiger partial charge < -0.3 is 4.90 Å². The van der Waals surface area contributed by atoms with Crippen LogP contribution in [-0.4, -0.2) is 31.1 Å². The van der Waals surface area contributed by atoms with E-state index in [0.717, 1.165) is 5.56 Å². The van der Waals surface area contributed by atoms with E-state index in [0.29, 0.717) is 5.56 Å². The van der Waals surface area contributed by atoms with Crippen molar-refractivity contribution in [3.8, 4) is 11.8 Å². The van der Waals surface area contributed by atoms with Gasteiger partial charge in [-0.15, -0.1) is 5.92 Å². The van der Waals surface area contributed by atoms with Crippen molar-refractivity contribution in [2.45, 2.75) is 6.92 Å². The first kappa shape index (κ1) is 12.3. The molecule has 0 bridgehead atoms. The summed E-state index contributed by atoms with van der Waals surface area (Å²) >= 11 is 0. The molecule has 0 N–H and O–H groups in total. The fraction of sp³-hybridized carbons (Fsp3) is 0.308. The Bertz CT molecular complexity index is 414. The molecule has 1 aromatic rings. The zero-order chi connectivity index (χ0) is 12.0. The molecule has 0 aromatic heterocycles. The zero-order valence-corrected chi connectivity index (χ0v) is 9.46. The minimum absolute atomic E-state index is 0.120. The zero-order valence-electron chi connectivity index (χ0n) is 9.46. The Kier molecular flexibility index (Phi) is 4.53. The molecule has 0 atom stereocenters. The van der Waals surface area contributed by atoms with E-state index in [2.05, 4.69) is 11.8 Å². The number of carbonyl (C=O) groups excluding carboxylic acids is 1. The molecule has 0 aliphatic carbocycles. The van der Waals surface area contributed by atoms with Crippen molar-refractivity contribution in [2.24, 2.45) is 0 Å². The smallest absolute Gasteiger partial charge is 0.253 e. The molecule has 16 heavy (non-hydrogen) atoms. The van der Waals surface area contributed by atoms with Crippen molar-refractivity contribution in [3.05, 3.63) is 35.4 Å². The van der Waals surface area contributed by atoms with E-state index in [9.17, 15) is 9.18 Å². The summed E-state index contributed by atoms with van der Waals surface area (Å²) in [5, 5.41) is 0. The van der Waals surface area contributed by atoms with Crippen LogP contribution in [-0.2, 0) is 0 Å². The maximum atomic E-state index is 12.1. The fourth-order valence-electron chi connectivity index (χ4n) is 1.29. The van der Waals surface area contributed by atoms with Gasteiger partial charge in [-0.3, -0.25) is 4.79 Å². The van der Waals surface area contributed by atoms with Crippen LogP contribution in [0.5, 0.6) is 0 Å². The van der Waals surface area contributed by atoms with Crippen molar-refractivity contribution in [2.75, 3.05) is 20.3 Å². The molecule has 2 nitrogen and oxygen atoms in total. The second kappa shape index (κ2) is 5.92. The van der Waals surface area contributed by atoms with Crippen molar-refractivity contribution < 1.29 is 9.18 Å². The van der Waals surface area contributed by atoms with Gasteiger partial charge in [0.15, 0.2) is 0 Å². The molecule has 0 heterocycles. The number of rotatable bonds is 3. The lowest BCUT2D eigenvalue weighted by molar-refractivity contribution is 0.0786. The Labute approximate surface area is 95.1 Å². The van der Waals surface area contributed by atoms with Crippen LogP contribution in [0, 0.1) is 11.8 Å². The number of benzene rings is 1. The van der Waals surface area contributed by atoms with Crippen LogP contribution in [0.3, 0.4) is 0 Å². The average molecular weight is 219 g/mol. The molecule has 0 saturated heterocycles. The molecule has 1 amide bonds. The molecule has 0 saturated carbocycles. The van der Waals surface area contributed by atoms with Gasteiger partial charge in [-0.2, -0.15) is 0 Å². The topological polar surface area (TPSA) is 20.3 Å². The lowest BCUT2D eigenvalue weighted by atomic mass is 10.1. The SMILES string of the molecule is CC#Cc1ccc(C(=O)N(C)CCF)cc1. The predicted octanol–water partition coefficient (Wildman–Crippen LogP) is 2.10. The molecule has 0 radical (unpaired) electrons. The van der Waals surface area contributed by atoms with Crippen molar-refractivity contribution in [1.29, 1.82) is 0 Å². The Morgan fingerprint density at radius 3 is 2.50 bits per heavy atom. The molecule has 0 aliphatic heterocycles. The first-order chi connectivity index (χ1) is 7.69. The van der Waals surface area contributed by atoms with E-state index in [1.54, 1.807) is 38.2 Å². The van der Waals surface area contributed by atoms with Crippen molar-refractivity contribution >= 4 is 5.91 Å². The maximum absolute atomic E-state index is 12.1. The molecule has 0 fully saturated rings. The van der Waals surface area contributed by atoms with Crippen LogP contribution in [0.25, 0.3) is 0 Å². The molecular weight excluding hydrogens is 205 g/mol. The lowest BCUT2D eigenvalue weighted by Crippen LogP contribution is -2.28. The van der Waals surface area contributed by atoms with E-state index in [1.165, 1.54) is 4.90 Å². The minimum atomic E-state index is -0.526. The first-order valence-corrected chi connectivity index (χ1v) is 5.03. The average Bonchev–Trinajstić information content (AvgIpc) is 2.30. The third-order valence-corrected chi connectivity index (χ3v) is 2.17. The molecular formula is C13H14FNO. The highest BCUT2D eigenvalue weighted by Crippen LogP contribution is 2.06. The molecule has 1 rings (SSSR count). The Balaban J connectivity index is 2.80. The standard InChI is InChI=1S/C13H14FNO/c1-3-4-11-5-7-12(8-6-11)13(16)15(2)10-9-14/h5-8H,9-10H2,1-2H3. The van der Waals surface area contributed by atoms with Gasteiger partial charge in [-0.1, -0.05) is 5.92 Å².